The fourth-order valence-electron chi connectivity index (χ4n) is 4.56. The molecule has 2 aliphatic heterocycles. The molecule has 0 saturated carbocycles. The molecule has 2 aliphatic rings. The number of nitrogens with zero attached hydrogens (tertiary/aromatic N) is 3. The van der Waals surface area contributed by atoms with E-state index in [1.165, 1.54) is 17.3 Å². The van der Waals surface area contributed by atoms with E-state index in [-0.39, 0.29) is 12.1 Å². The van der Waals surface area contributed by atoms with Gasteiger partial charge in [0.25, 0.3) is 0 Å². The Morgan fingerprint density at radius 1 is 1.00 bits per heavy atom. The smallest absolute Gasteiger partial charge is 0.227 e. The van der Waals surface area contributed by atoms with Crippen LogP contribution < -0.4 is 10.1 Å². The highest BCUT2D eigenvalue weighted by molar-refractivity contribution is 7.98. The van der Waals surface area contributed by atoms with Gasteiger partial charge in [0.1, 0.15) is 17.9 Å². The number of fused-ring (bicyclic) bond motifs is 3. The number of para-hydroxylation sites is 1. The zero-order valence-electron chi connectivity index (χ0n) is 18.1. The number of ether oxygens (including phenoxy) is 1. The Bertz CT molecular complexity index is 1400. The lowest BCUT2D eigenvalue weighted by atomic mass is 9.84. The molecule has 1 N–H and O–H groups in total. The Morgan fingerprint density at radius 2 is 1.82 bits per heavy atom. The molecule has 7 heteroatoms. The van der Waals surface area contributed by atoms with E-state index in [2.05, 4.69) is 48.6 Å². The first-order chi connectivity index (χ1) is 16.1. The molecule has 164 valence electrons. The zero-order valence-corrected chi connectivity index (χ0v) is 19.7. The Balaban J connectivity index is 1.64. The molecular weight excluding hydrogens is 452 g/mol. The van der Waals surface area contributed by atoms with Crippen molar-refractivity contribution in [1.82, 2.24) is 14.8 Å². The number of hydrogen-bond donors (Lipinski definition) is 1. The summed E-state index contributed by atoms with van der Waals surface area (Å²) in [5.41, 5.74) is 6.45. The van der Waals surface area contributed by atoms with Gasteiger partial charge in [0, 0.05) is 16.2 Å². The molecule has 5 nitrogen and oxygen atoms in total. The standard InChI is InChI=1S/C26H21ClN4OS/c1-15-10-12-16(13-11-15)23-21-22(28-25-29-26(33-2)30-31(23)25)19-8-3-4-9-20(19)32-24(21)17-6-5-7-18(27)14-17/h3-14,23-24H,1-2H3,(H,28,29,30). The normalized spacial score (nSPS) is 18.6. The van der Waals surface area contributed by atoms with Gasteiger partial charge in [-0.1, -0.05) is 77.5 Å². The van der Waals surface area contributed by atoms with E-state index in [0.717, 1.165) is 44.8 Å². The number of benzene rings is 3. The topological polar surface area (TPSA) is 52.0 Å². The number of aromatic nitrogens is 3. The highest BCUT2D eigenvalue weighted by Gasteiger charge is 2.41. The largest absolute Gasteiger partial charge is 0.480 e. The number of hydrogen-bond acceptors (Lipinski definition) is 5. The first-order valence-corrected chi connectivity index (χ1v) is 12.3. The first-order valence-electron chi connectivity index (χ1n) is 10.7. The molecule has 0 saturated heterocycles. The molecular formula is C26H21ClN4OS. The summed E-state index contributed by atoms with van der Waals surface area (Å²) in [5, 5.41) is 9.81. The summed E-state index contributed by atoms with van der Waals surface area (Å²) < 4.78 is 8.62. The molecule has 0 fully saturated rings. The molecule has 3 aromatic carbocycles. The van der Waals surface area contributed by atoms with Crippen LogP contribution in [0.25, 0.3) is 5.70 Å². The van der Waals surface area contributed by atoms with E-state index >= 15 is 0 Å². The van der Waals surface area contributed by atoms with Crippen LogP contribution in [0, 0.1) is 6.92 Å². The fourth-order valence-corrected chi connectivity index (χ4v) is 5.10. The molecule has 0 amide bonds. The number of nitrogens with one attached hydrogen (secondary N) is 1. The van der Waals surface area contributed by atoms with Gasteiger partial charge < -0.3 is 10.1 Å². The molecule has 3 heterocycles. The van der Waals surface area contributed by atoms with E-state index in [0.29, 0.717) is 5.02 Å². The zero-order chi connectivity index (χ0) is 22.5. The first kappa shape index (κ1) is 20.4. The summed E-state index contributed by atoms with van der Waals surface area (Å²) in [6.45, 7) is 2.10. The maximum Gasteiger partial charge on any atom is 0.227 e. The van der Waals surface area contributed by atoms with Crippen LogP contribution >= 0.6 is 23.4 Å². The van der Waals surface area contributed by atoms with Gasteiger partial charge in [0.2, 0.25) is 11.1 Å². The van der Waals surface area contributed by atoms with Crippen molar-refractivity contribution < 1.29 is 4.74 Å². The molecule has 6 rings (SSSR count). The van der Waals surface area contributed by atoms with Gasteiger partial charge >= 0.3 is 0 Å². The van der Waals surface area contributed by atoms with Crippen LogP contribution in [0.3, 0.4) is 0 Å². The predicted molar refractivity (Wildman–Crippen MR) is 133 cm³/mol. The van der Waals surface area contributed by atoms with Gasteiger partial charge in [-0.3, -0.25) is 0 Å². The van der Waals surface area contributed by atoms with Gasteiger partial charge in [-0.25, -0.2) is 4.68 Å². The Morgan fingerprint density at radius 3 is 2.61 bits per heavy atom. The summed E-state index contributed by atoms with van der Waals surface area (Å²) in [5.74, 6) is 1.56. The SMILES string of the molecule is CSc1nc2n(n1)C(c1ccc(C)cc1)C1=C(N2)c2ccccc2OC1c1cccc(Cl)c1. The summed E-state index contributed by atoms with van der Waals surface area (Å²) in [4.78, 5) is 4.75. The van der Waals surface area contributed by atoms with Crippen molar-refractivity contribution in [3.8, 4) is 5.75 Å². The number of halogens is 1. The Kier molecular flexibility index (Phi) is 4.93. The van der Waals surface area contributed by atoms with Crippen LogP contribution in [0.2, 0.25) is 5.02 Å². The minimum absolute atomic E-state index is 0.178. The third-order valence-electron chi connectivity index (χ3n) is 6.09. The van der Waals surface area contributed by atoms with Gasteiger partial charge in [-0.2, -0.15) is 4.98 Å². The molecule has 0 bridgehead atoms. The van der Waals surface area contributed by atoms with Crippen LogP contribution in [0.5, 0.6) is 5.75 Å². The molecule has 0 spiro atoms. The van der Waals surface area contributed by atoms with Gasteiger partial charge in [0.05, 0.1) is 5.70 Å². The number of rotatable bonds is 3. The number of aryl methyl sites for hydroxylation is 1. The van der Waals surface area contributed by atoms with Crippen molar-refractivity contribution in [3.63, 3.8) is 0 Å². The van der Waals surface area contributed by atoms with Crippen molar-refractivity contribution in [1.29, 1.82) is 0 Å². The predicted octanol–water partition coefficient (Wildman–Crippen LogP) is 6.52. The summed E-state index contributed by atoms with van der Waals surface area (Å²) in [6.07, 6.45) is 1.66. The third-order valence-corrected chi connectivity index (χ3v) is 6.86. The van der Waals surface area contributed by atoms with Crippen molar-refractivity contribution >= 4 is 35.0 Å². The van der Waals surface area contributed by atoms with Crippen LogP contribution in [-0.2, 0) is 0 Å². The Labute approximate surface area is 201 Å². The molecule has 2 atom stereocenters. The highest BCUT2D eigenvalue weighted by Crippen LogP contribution is 2.51. The average Bonchev–Trinajstić information content (AvgIpc) is 3.26. The van der Waals surface area contributed by atoms with Gasteiger partial charge in [-0.15, -0.1) is 5.10 Å². The van der Waals surface area contributed by atoms with E-state index in [4.69, 9.17) is 26.4 Å². The molecule has 4 aromatic rings. The van der Waals surface area contributed by atoms with E-state index in [9.17, 15) is 0 Å². The molecule has 0 aliphatic carbocycles. The average molecular weight is 473 g/mol. The van der Waals surface area contributed by atoms with Crippen molar-refractivity contribution in [2.24, 2.45) is 0 Å². The van der Waals surface area contributed by atoms with Gasteiger partial charge in [0.15, 0.2) is 0 Å². The maximum atomic E-state index is 6.64. The molecule has 1 aromatic heterocycles. The third kappa shape index (κ3) is 3.41. The minimum atomic E-state index is -0.331. The summed E-state index contributed by atoms with van der Waals surface area (Å²) in [7, 11) is 0. The lowest BCUT2D eigenvalue weighted by Crippen LogP contribution is -2.32. The maximum absolute atomic E-state index is 6.64. The van der Waals surface area contributed by atoms with E-state index in [1.54, 1.807) is 0 Å². The van der Waals surface area contributed by atoms with E-state index in [1.807, 2.05) is 47.3 Å². The minimum Gasteiger partial charge on any atom is -0.480 e. The number of anilines is 1. The summed E-state index contributed by atoms with van der Waals surface area (Å²) >= 11 is 7.93. The molecule has 2 unspecified atom stereocenters. The number of thioether (sulfide) groups is 1. The van der Waals surface area contributed by atoms with E-state index < -0.39 is 0 Å². The van der Waals surface area contributed by atoms with Crippen molar-refractivity contribution in [2.75, 3.05) is 11.6 Å². The van der Waals surface area contributed by atoms with Crippen molar-refractivity contribution in [2.45, 2.75) is 24.2 Å². The second-order valence-electron chi connectivity index (χ2n) is 8.18. The fraction of sp³-hybridized carbons (Fsp3) is 0.154. The monoisotopic (exact) mass is 472 g/mol. The molecule has 0 radical (unpaired) electrons. The van der Waals surface area contributed by atoms with Crippen LogP contribution in [-0.4, -0.2) is 21.0 Å². The van der Waals surface area contributed by atoms with Crippen molar-refractivity contribution in [3.05, 3.63) is 106 Å². The summed E-state index contributed by atoms with van der Waals surface area (Å²) in [6, 6.07) is 24.4. The van der Waals surface area contributed by atoms with Crippen LogP contribution in [0.4, 0.5) is 5.95 Å². The lowest BCUT2D eigenvalue weighted by molar-refractivity contribution is 0.223. The van der Waals surface area contributed by atoms with Crippen LogP contribution in [0.15, 0.2) is 83.5 Å². The van der Waals surface area contributed by atoms with Crippen LogP contribution in [0.1, 0.15) is 34.4 Å². The second kappa shape index (κ2) is 7.97. The van der Waals surface area contributed by atoms with Gasteiger partial charge in [-0.05, 0) is 48.6 Å². The lowest BCUT2D eigenvalue weighted by Gasteiger charge is -2.39. The second-order valence-corrected chi connectivity index (χ2v) is 9.39. The Hall–Kier alpha value is -3.22. The molecule has 33 heavy (non-hydrogen) atoms. The quantitative estimate of drug-likeness (QED) is 0.344. The highest BCUT2D eigenvalue weighted by atomic mass is 35.5.